The number of ether oxygens (including phenoxy) is 1. The van der Waals surface area contributed by atoms with E-state index in [0.29, 0.717) is 5.56 Å². The van der Waals surface area contributed by atoms with Crippen molar-refractivity contribution >= 4 is 22.3 Å². The summed E-state index contributed by atoms with van der Waals surface area (Å²) in [5, 5.41) is 11.8. The molecule has 1 rings (SSSR count). The fraction of sp³-hybridized carbons (Fsp3) is 0.286. The molecule has 1 atom stereocenters. The Morgan fingerprint density at radius 1 is 1.79 bits per heavy atom. The number of carbonyl (C=O) groups is 1. The van der Waals surface area contributed by atoms with Gasteiger partial charge >= 0.3 is 11.0 Å². The average Bonchev–Trinajstić information content (AvgIpc) is 2.64. The summed E-state index contributed by atoms with van der Waals surface area (Å²) in [6.07, 6.45) is 0. The maximum Gasteiger partial charge on any atom is 0.327 e. The Hall–Kier alpha value is -1.47. The molecule has 0 aliphatic carbocycles. The molecule has 0 saturated carbocycles. The highest BCUT2D eigenvalue weighted by atomic mass is 32.1. The van der Waals surface area contributed by atoms with Crippen molar-refractivity contribution in [3.8, 4) is 0 Å². The Labute approximate surface area is 83.4 Å². The van der Waals surface area contributed by atoms with Crippen molar-refractivity contribution in [2.75, 3.05) is 7.11 Å². The Morgan fingerprint density at radius 2 is 2.43 bits per heavy atom. The van der Waals surface area contributed by atoms with Gasteiger partial charge in [0.25, 0.3) is 0 Å². The molecule has 1 heterocycles. The number of nitrogens with two attached hydrogens (primary N) is 1. The van der Waals surface area contributed by atoms with E-state index in [1.54, 1.807) is 0 Å². The minimum absolute atomic E-state index is 0.0423. The molecule has 0 unspecified atom stereocenters. The van der Waals surface area contributed by atoms with E-state index < -0.39 is 16.9 Å². The lowest BCUT2D eigenvalue weighted by molar-refractivity contribution is -0.380. The molecule has 0 fully saturated rings. The molecule has 6 nitrogen and oxygen atoms in total. The number of rotatable bonds is 3. The zero-order valence-corrected chi connectivity index (χ0v) is 8.11. The highest BCUT2D eigenvalue weighted by molar-refractivity contribution is 7.13. The topological polar surface area (TPSA) is 95.5 Å². The van der Waals surface area contributed by atoms with Crippen LogP contribution in [0.2, 0.25) is 0 Å². The Kier molecular flexibility index (Phi) is 3.15. The number of esters is 1. The number of nitrogens with zero attached hydrogens (tertiary/aromatic N) is 1. The van der Waals surface area contributed by atoms with E-state index in [-0.39, 0.29) is 5.00 Å². The highest BCUT2D eigenvalue weighted by Crippen LogP contribution is 2.26. The SMILES string of the molecule is COC(=O)[C@@H](N)c1csc([N+](=O)[O-])c1. The standard InChI is InChI=1S/C7H8N2O4S/c1-13-7(10)6(8)4-2-5(9(11)12)14-3-4/h2-3,6H,8H2,1H3/t6-/m0/s1. The number of hydrogen-bond acceptors (Lipinski definition) is 6. The fourth-order valence-corrected chi connectivity index (χ4v) is 1.62. The van der Waals surface area contributed by atoms with E-state index in [1.807, 2.05) is 0 Å². The van der Waals surface area contributed by atoms with Gasteiger partial charge in [-0.3, -0.25) is 14.9 Å². The number of nitro groups is 1. The van der Waals surface area contributed by atoms with Gasteiger partial charge in [-0.15, -0.1) is 0 Å². The third kappa shape index (κ3) is 2.06. The quantitative estimate of drug-likeness (QED) is 0.458. The van der Waals surface area contributed by atoms with Gasteiger partial charge in [-0.05, 0) is 5.56 Å². The zero-order valence-electron chi connectivity index (χ0n) is 7.30. The number of thiophene rings is 1. The van der Waals surface area contributed by atoms with Gasteiger partial charge in [0.15, 0.2) is 0 Å². The van der Waals surface area contributed by atoms with Crippen molar-refractivity contribution in [2.24, 2.45) is 5.73 Å². The first-order chi connectivity index (χ1) is 6.56. The largest absolute Gasteiger partial charge is 0.468 e. The van der Waals surface area contributed by atoms with Gasteiger partial charge in [0.1, 0.15) is 6.04 Å². The van der Waals surface area contributed by atoms with Crippen LogP contribution in [0.5, 0.6) is 0 Å². The monoisotopic (exact) mass is 216 g/mol. The number of hydrogen-bond donors (Lipinski definition) is 1. The van der Waals surface area contributed by atoms with Crippen LogP contribution >= 0.6 is 11.3 Å². The average molecular weight is 216 g/mol. The second kappa shape index (κ2) is 4.16. The van der Waals surface area contributed by atoms with Crippen molar-refractivity contribution < 1.29 is 14.5 Å². The molecule has 0 aliphatic rings. The number of carbonyl (C=O) groups excluding carboxylic acids is 1. The molecule has 0 aliphatic heterocycles. The van der Waals surface area contributed by atoms with Crippen molar-refractivity contribution in [2.45, 2.75) is 6.04 Å². The molecule has 0 aromatic carbocycles. The minimum Gasteiger partial charge on any atom is -0.468 e. The van der Waals surface area contributed by atoms with Crippen LogP contribution in [0.1, 0.15) is 11.6 Å². The summed E-state index contributed by atoms with van der Waals surface area (Å²) in [6.45, 7) is 0. The van der Waals surface area contributed by atoms with Crippen LogP contribution in [0, 0.1) is 10.1 Å². The normalized spacial score (nSPS) is 12.1. The summed E-state index contributed by atoms with van der Waals surface area (Å²) >= 11 is 0.927. The summed E-state index contributed by atoms with van der Waals surface area (Å²) in [6, 6.07) is 0.316. The predicted octanol–water partition coefficient (Wildman–Crippen LogP) is 0.829. The van der Waals surface area contributed by atoms with Crippen LogP contribution in [-0.4, -0.2) is 18.0 Å². The van der Waals surface area contributed by atoms with E-state index >= 15 is 0 Å². The first kappa shape index (κ1) is 10.6. The van der Waals surface area contributed by atoms with Crippen LogP contribution < -0.4 is 5.73 Å². The molecule has 7 heteroatoms. The van der Waals surface area contributed by atoms with Crippen LogP contribution in [0.15, 0.2) is 11.4 Å². The second-order valence-electron chi connectivity index (χ2n) is 2.48. The van der Waals surface area contributed by atoms with Crippen LogP contribution in [0.25, 0.3) is 0 Å². The molecule has 1 aromatic heterocycles. The Balaban J connectivity index is 2.86. The third-order valence-electron chi connectivity index (χ3n) is 1.60. The zero-order chi connectivity index (χ0) is 10.7. The molecule has 0 amide bonds. The smallest absolute Gasteiger partial charge is 0.327 e. The second-order valence-corrected chi connectivity index (χ2v) is 3.37. The summed E-state index contributed by atoms with van der Waals surface area (Å²) < 4.78 is 4.41. The Morgan fingerprint density at radius 3 is 2.86 bits per heavy atom. The maximum atomic E-state index is 11.0. The molecule has 0 spiro atoms. The molecule has 0 radical (unpaired) electrons. The lowest BCUT2D eigenvalue weighted by Gasteiger charge is -2.05. The van der Waals surface area contributed by atoms with E-state index in [1.165, 1.54) is 18.6 Å². The Bertz CT molecular complexity index is 362. The van der Waals surface area contributed by atoms with E-state index in [0.717, 1.165) is 11.3 Å². The van der Waals surface area contributed by atoms with Gasteiger partial charge in [-0.2, -0.15) is 0 Å². The van der Waals surface area contributed by atoms with Gasteiger partial charge in [-0.25, -0.2) is 0 Å². The lowest BCUT2D eigenvalue weighted by atomic mass is 10.2. The molecule has 2 N–H and O–H groups in total. The minimum atomic E-state index is -0.954. The van der Waals surface area contributed by atoms with Crippen molar-refractivity contribution in [1.29, 1.82) is 0 Å². The highest BCUT2D eigenvalue weighted by Gasteiger charge is 2.20. The molecule has 0 saturated heterocycles. The molecule has 14 heavy (non-hydrogen) atoms. The van der Waals surface area contributed by atoms with Crippen LogP contribution in [0.4, 0.5) is 5.00 Å². The number of methoxy groups -OCH3 is 1. The van der Waals surface area contributed by atoms with Gasteiger partial charge in [0.05, 0.1) is 12.0 Å². The fourth-order valence-electron chi connectivity index (χ4n) is 0.861. The summed E-state index contributed by atoms with van der Waals surface area (Å²) in [5.74, 6) is -0.613. The maximum absolute atomic E-state index is 11.0. The molecule has 0 bridgehead atoms. The summed E-state index contributed by atoms with van der Waals surface area (Å²) in [7, 11) is 1.21. The molecular formula is C7H8N2O4S. The van der Waals surface area contributed by atoms with E-state index in [2.05, 4.69) is 4.74 Å². The van der Waals surface area contributed by atoms with Crippen molar-refractivity contribution in [3.05, 3.63) is 27.1 Å². The third-order valence-corrected chi connectivity index (χ3v) is 2.50. The first-order valence-electron chi connectivity index (χ1n) is 3.62. The van der Waals surface area contributed by atoms with Gasteiger partial charge in [0.2, 0.25) is 0 Å². The molecular weight excluding hydrogens is 208 g/mol. The predicted molar refractivity (Wildman–Crippen MR) is 49.9 cm³/mol. The summed E-state index contributed by atoms with van der Waals surface area (Å²) in [4.78, 5) is 20.8. The summed E-state index contributed by atoms with van der Waals surface area (Å²) in [5.41, 5.74) is 5.87. The van der Waals surface area contributed by atoms with E-state index in [9.17, 15) is 14.9 Å². The van der Waals surface area contributed by atoms with Crippen LogP contribution in [-0.2, 0) is 9.53 Å². The van der Waals surface area contributed by atoms with Crippen LogP contribution in [0.3, 0.4) is 0 Å². The lowest BCUT2D eigenvalue weighted by Crippen LogP contribution is -2.21. The first-order valence-corrected chi connectivity index (χ1v) is 4.50. The van der Waals surface area contributed by atoms with Gasteiger partial charge < -0.3 is 10.5 Å². The molecule has 76 valence electrons. The van der Waals surface area contributed by atoms with Gasteiger partial charge in [-0.1, -0.05) is 11.3 Å². The van der Waals surface area contributed by atoms with E-state index in [4.69, 9.17) is 5.73 Å². The van der Waals surface area contributed by atoms with Gasteiger partial charge in [0, 0.05) is 11.4 Å². The molecule has 1 aromatic rings. The van der Waals surface area contributed by atoms with Crippen molar-refractivity contribution in [1.82, 2.24) is 0 Å². The van der Waals surface area contributed by atoms with Crippen molar-refractivity contribution in [3.63, 3.8) is 0 Å².